The Balaban J connectivity index is 2.53. The zero-order chi connectivity index (χ0) is 11.0. The number of carbonyl (C=O) groups excluding carboxylic acids is 1. The van der Waals surface area contributed by atoms with E-state index in [1.54, 1.807) is 26.4 Å². The number of methoxy groups -OCH3 is 2. The fourth-order valence-electron chi connectivity index (χ4n) is 1.61. The lowest BCUT2D eigenvalue weighted by Gasteiger charge is -2.10. The molecule has 0 saturated heterocycles. The fraction of sp³-hybridized carbons (Fsp3) is 0.300. The molecule has 0 aliphatic carbocycles. The maximum absolute atomic E-state index is 11.3. The highest BCUT2D eigenvalue weighted by molar-refractivity contribution is 6.02. The molecule has 1 aromatic rings. The molecule has 3 N–H and O–H groups in total. The summed E-state index contributed by atoms with van der Waals surface area (Å²) in [6, 6.07) is 2.80. The molecule has 5 heteroatoms. The number of amides is 1. The molecule has 15 heavy (non-hydrogen) atoms. The molecule has 5 nitrogen and oxygen atoms in total. The minimum Gasteiger partial charge on any atom is -0.493 e. The molecule has 0 aromatic heterocycles. The van der Waals surface area contributed by atoms with E-state index in [0.29, 0.717) is 17.2 Å². The molecule has 1 aliphatic heterocycles. The van der Waals surface area contributed by atoms with Gasteiger partial charge in [-0.2, -0.15) is 0 Å². The first kappa shape index (κ1) is 9.79. The number of rotatable bonds is 2. The summed E-state index contributed by atoms with van der Waals surface area (Å²) in [5.41, 5.74) is 7.12. The second-order valence-corrected chi connectivity index (χ2v) is 3.26. The first-order valence-corrected chi connectivity index (χ1v) is 4.49. The van der Waals surface area contributed by atoms with E-state index in [2.05, 4.69) is 5.32 Å². The highest BCUT2D eigenvalue weighted by Gasteiger charge is 2.28. The van der Waals surface area contributed by atoms with E-state index in [1.165, 1.54) is 0 Å². The SMILES string of the molecule is COc1cc2c(cc1OC)C(N)C(=O)N2. The maximum atomic E-state index is 11.3. The van der Waals surface area contributed by atoms with Crippen LogP contribution in [0.5, 0.6) is 11.5 Å². The van der Waals surface area contributed by atoms with Crippen molar-refractivity contribution < 1.29 is 14.3 Å². The van der Waals surface area contributed by atoms with Gasteiger partial charge in [0.15, 0.2) is 11.5 Å². The average Bonchev–Trinajstić information content (AvgIpc) is 2.53. The van der Waals surface area contributed by atoms with E-state index in [9.17, 15) is 4.79 Å². The van der Waals surface area contributed by atoms with E-state index >= 15 is 0 Å². The summed E-state index contributed by atoms with van der Waals surface area (Å²) in [5.74, 6) is 0.939. The lowest BCUT2D eigenvalue weighted by atomic mass is 10.1. The second-order valence-electron chi connectivity index (χ2n) is 3.26. The predicted molar refractivity (Wildman–Crippen MR) is 55.1 cm³/mol. The second kappa shape index (κ2) is 3.43. The van der Waals surface area contributed by atoms with Gasteiger partial charge < -0.3 is 20.5 Å². The van der Waals surface area contributed by atoms with Crippen LogP contribution in [-0.2, 0) is 4.79 Å². The highest BCUT2D eigenvalue weighted by Crippen LogP contribution is 2.38. The van der Waals surface area contributed by atoms with Crippen LogP contribution in [0.15, 0.2) is 12.1 Å². The van der Waals surface area contributed by atoms with Crippen molar-refractivity contribution in [3.8, 4) is 11.5 Å². The van der Waals surface area contributed by atoms with Gasteiger partial charge in [-0.3, -0.25) is 4.79 Å². The molecule has 0 fully saturated rings. The van der Waals surface area contributed by atoms with Crippen molar-refractivity contribution in [2.45, 2.75) is 6.04 Å². The van der Waals surface area contributed by atoms with Crippen LogP contribution in [0.25, 0.3) is 0 Å². The summed E-state index contributed by atoms with van der Waals surface area (Å²) >= 11 is 0. The Bertz CT molecular complexity index is 417. The third-order valence-corrected chi connectivity index (χ3v) is 2.43. The van der Waals surface area contributed by atoms with E-state index in [4.69, 9.17) is 15.2 Å². The molecule has 0 bridgehead atoms. The third kappa shape index (κ3) is 1.41. The quantitative estimate of drug-likeness (QED) is 0.748. The van der Waals surface area contributed by atoms with E-state index in [1.807, 2.05) is 0 Å². The predicted octanol–water partition coefficient (Wildman–Crippen LogP) is 0.656. The van der Waals surface area contributed by atoms with Crippen molar-refractivity contribution >= 4 is 11.6 Å². The van der Waals surface area contributed by atoms with E-state index < -0.39 is 6.04 Å². The Morgan fingerprint density at radius 2 is 1.87 bits per heavy atom. The number of fused-ring (bicyclic) bond motifs is 1. The Labute approximate surface area is 87.2 Å². The molecule has 1 amide bonds. The van der Waals surface area contributed by atoms with Crippen LogP contribution in [0.1, 0.15) is 11.6 Å². The van der Waals surface area contributed by atoms with E-state index in [0.717, 1.165) is 5.56 Å². The van der Waals surface area contributed by atoms with Crippen molar-refractivity contribution in [3.63, 3.8) is 0 Å². The number of ether oxygens (including phenoxy) is 2. The van der Waals surface area contributed by atoms with Gasteiger partial charge in [0.25, 0.3) is 0 Å². The molecule has 0 radical (unpaired) electrons. The Morgan fingerprint density at radius 3 is 2.47 bits per heavy atom. The molecule has 1 heterocycles. The Kier molecular flexibility index (Phi) is 2.24. The smallest absolute Gasteiger partial charge is 0.245 e. The number of nitrogens with two attached hydrogens (primary N) is 1. The van der Waals surface area contributed by atoms with Crippen molar-refractivity contribution in [2.24, 2.45) is 5.73 Å². The normalized spacial score (nSPS) is 18.3. The molecular weight excluding hydrogens is 196 g/mol. The largest absolute Gasteiger partial charge is 0.493 e. The third-order valence-electron chi connectivity index (χ3n) is 2.43. The number of nitrogens with one attached hydrogen (secondary N) is 1. The monoisotopic (exact) mass is 208 g/mol. The number of carbonyl (C=O) groups is 1. The van der Waals surface area contributed by atoms with Gasteiger partial charge in [-0.25, -0.2) is 0 Å². The molecule has 1 aliphatic rings. The molecule has 1 aromatic carbocycles. The number of hydrogen-bond donors (Lipinski definition) is 2. The molecular formula is C10H12N2O3. The summed E-state index contributed by atoms with van der Waals surface area (Å²) in [4.78, 5) is 11.3. The summed E-state index contributed by atoms with van der Waals surface area (Å²) in [6.45, 7) is 0. The summed E-state index contributed by atoms with van der Waals surface area (Å²) in [7, 11) is 3.08. The lowest BCUT2D eigenvalue weighted by Crippen LogP contribution is -2.19. The topological polar surface area (TPSA) is 73.6 Å². The average molecular weight is 208 g/mol. The number of hydrogen-bond acceptors (Lipinski definition) is 4. The van der Waals surface area contributed by atoms with Crippen LogP contribution in [0.4, 0.5) is 5.69 Å². The lowest BCUT2D eigenvalue weighted by molar-refractivity contribution is -0.116. The Hall–Kier alpha value is -1.75. The van der Waals surface area contributed by atoms with Crippen LogP contribution in [-0.4, -0.2) is 20.1 Å². The molecule has 1 atom stereocenters. The number of anilines is 1. The standard InChI is InChI=1S/C10H12N2O3/c1-14-7-3-5-6(4-8(7)15-2)12-10(13)9(5)11/h3-4,9H,11H2,1-2H3,(H,12,13). The van der Waals surface area contributed by atoms with Crippen LogP contribution in [0.3, 0.4) is 0 Å². The van der Waals surface area contributed by atoms with Crippen molar-refractivity contribution in [1.29, 1.82) is 0 Å². The van der Waals surface area contributed by atoms with Crippen LogP contribution in [0, 0.1) is 0 Å². The number of benzene rings is 1. The summed E-state index contributed by atoms with van der Waals surface area (Å²) in [5, 5.41) is 2.67. The molecule has 1 unspecified atom stereocenters. The molecule has 80 valence electrons. The van der Waals surface area contributed by atoms with Gasteiger partial charge in [0.1, 0.15) is 6.04 Å². The van der Waals surface area contributed by atoms with E-state index in [-0.39, 0.29) is 5.91 Å². The maximum Gasteiger partial charge on any atom is 0.245 e. The minimum absolute atomic E-state index is 0.208. The van der Waals surface area contributed by atoms with Gasteiger partial charge in [0.2, 0.25) is 5.91 Å². The minimum atomic E-state index is -0.625. The van der Waals surface area contributed by atoms with Crippen LogP contribution < -0.4 is 20.5 Å². The summed E-state index contributed by atoms with van der Waals surface area (Å²) in [6.07, 6.45) is 0. The van der Waals surface area contributed by atoms with Gasteiger partial charge in [-0.15, -0.1) is 0 Å². The first-order chi connectivity index (χ1) is 7.17. The molecule has 0 spiro atoms. The highest BCUT2D eigenvalue weighted by atomic mass is 16.5. The van der Waals surface area contributed by atoms with Crippen molar-refractivity contribution in [3.05, 3.63) is 17.7 Å². The van der Waals surface area contributed by atoms with Gasteiger partial charge in [0.05, 0.1) is 19.9 Å². The van der Waals surface area contributed by atoms with Gasteiger partial charge in [-0.1, -0.05) is 0 Å². The summed E-state index contributed by atoms with van der Waals surface area (Å²) < 4.78 is 10.2. The van der Waals surface area contributed by atoms with Crippen LogP contribution in [0.2, 0.25) is 0 Å². The zero-order valence-electron chi connectivity index (χ0n) is 8.53. The fourth-order valence-corrected chi connectivity index (χ4v) is 1.61. The van der Waals surface area contributed by atoms with Crippen LogP contribution >= 0.6 is 0 Å². The first-order valence-electron chi connectivity index (χ1n) is 4.49. The Morgan fingerprint density at radius 1 is 1.27 bits per heavy atom. The molecule has 0 saturated carbocycles. The molecule has 2 rings (SSSR count). The van der Waals surface area contributed by atoms with Gasteiger partial charge >= 0.3 is 0 Å². The van der Waals surface area contributed by atoms with Crippen molar-refractivity contribution in [2.75, 3.05) is 19.5 Å². The zero-order valence-corrected chi connectivity index (χ0v) is 8.53. The van der Waals surface area contributed by atoms with Gasteiger partial charge in [0, 0.05) is 11.6 Å². The van der Waals surface area contributed by atoms with Crippen molar-refractivity contribution in [1.82, 2.24) is 0 Å². The van der Waals surface area contributed by atoms with Gasteiger partial charge in [-0.05, 0) is 6.07 Å².